The van der Waals surface area contributed by atoms with Gasteiger partial charge in [-0.3, -0.25) is 14.4 Å². The van der Waals surface area contributed by atoms with Crippen LogP contribution in [0.3, 0.4) is 0 Å². The summed E-state index contributed by atoms with van der Waals surface area (Å²) in [6.45, 7) is 7.01. The first-order valence-electron chi connectivity index (χ1n) is 17.6. The molecule has 0 unspecified atom stereocenters. The van der Waals surface area contributed by atoms with Crippen LogP contribution in [0.25, 0.3) is 0 Å². The first-order chi connectivity index (χ1) is 24.9. The van der Waals surface area contributed by atoms with Gasteiger partial charge in [-0.2, -0.15) is 28.2 Å². The van der Waals surface area contributed by atoms with Crippen LogP contribution >= 0.6 is 0 Å². The lowest BCUT2D eigenvalue weighted by atomic mass is 9.91. The molecule has 6 heterocycles. The number of fused-ring (bicyclic) bond motifs is 3. The van der Waals surface area contributed by atoms with Crippen LogP contribution in [-0.4, -0.2) is 80.8 Å². The average Bonchev–Trinajstić information content (AvgIpc) is 3.77. The van der Waals surface area contributed by atoms with E-state index < -0.39 is 17.8 Å². The summed E-state index contributed by atoms with van der Waals surface area (Å²) in [5.41, 5.74) is 7.71. The summed E-state index contributed by atoms with van der Waals surface area (Å²) in [5.74, 6) is 5.50. The molecule has 0 spiro atoms. The molecular weight excluding hydrogens is 680 g/mol. The van der Waals surface area contributed by atoms with E-state index in [1.807, 2.05) is 11.6 Å². The zero-order chi connectivity index (χ0) is 36.8. The fourth-order valence-corrected chi connectivity index (χ4v) is 7.99. The molecule has 2 N–H and O–H groups in total. The smallest absolute Gasteiger partial charge is 0.417 e. The van der Waals surface area contributed by atoms with E-state index in [0.717, 1.165) is 25.1 Å². The zero-order valence-corrected chi connectivity index (χ0v) is 29.5. The van der Waals surface area contributed by atoms with Crippen LogP contribution in [0, 0.1) is 11.8 Å². The van der Waals surface area contributed by atoms with Crippen LogP contribution in [0.2, 0.25) is 0 Å². The molecule has 2 fully saturated rings. The van der Waals surface area contributed by atoms with Crippen molar-refractivity contribution in [2.45, 2.75) is 83.5 Å². The highest BCUT2D eigenvalue weighted by atomic mass is 19.4. The van der Waals surface area contributed by atoms with Crippen LogP contribution in [0.5, 0.6) is 6.01 Å². The van der Waals surface area contributed by atoms with Gasteiger partial charge >= 0.3 is 12.2 Å². The number of nitrogens with two attached hydrogens (primary N) is 1. The molecule has 1 aromatic carbocycles. The summed E-state index contributed by atoms with van der Waals surface area (Å²) in [7, 11) is 1.73. The fraction of sp³-hybridized carbons (Fsp3) is 0.514. The second-order valence-electron chi connectivity index (χ2n) is 14.0. The number of anilines is 2. The van der Waals surface area contributed by atoms with Crippen LogP contribution in [-0.2, 0) is 37.0 Å². The standard InChI is InChI=1S/C37H42F4N8O3/c1-4-8-24-13-25(42)14-27(32(24)37(39,40)41)31-16-29-28(21-51-31)33(44-35(43-29)52-22-36-9-6-11-48(36)19-23(17-36)18-38)47-10-7-12-49-26(20-47)15-30(45-49)34(50)46(3)5-2/h13-15,18,31H,5-7,9-12,16-17,19-22,42H2,1-3H3/b23-18-/t31-,36-/m0/s1. The van der Waals surface area contributed by atoms with Gasteiger partial charge in [-0.25, -0.2) is 4.39 Å². The highest BCUT2D eigenvalue weighted by Crippen LogP contribution is 2.44. The molecule has 0 aliphatic carbocycles. The van der Waals surface area contributed by atoms with Crippen molar-refractivity contribution < 1.29 is 31.8 Å². The maximum atomic E-state index is 14.6. The minimum absolute atomic E-state index is 0.00647. The van der Waals surface area contributed by atoms with E-state index in [1.165, 1.54) is 19.1 Å². The van der Waals surface area contributed by atoms with Crippen molar-refractivity contribution in [2.75, 3.05) is 50.5 Å². The number of aryl methyl sites for hydroxylation is 1. The minimum atomic E-state index is -4.71. The van der Waals surface area contributed by atoms with Crippen molar-refractivity contribution in [3.63, 3.8) is 0 Å². The largest absolute Gasteiger partial charge is 0.461 e. The summed E-state index contributed by atoms with van der Waals surface area (Å²) in [6.07, 6.45) is -2.01. The van der Waals surface area contributed by atoms with Crippen molar-refractivity contribution in [3.05, 3.63) is 69.4 Å². The molecule has 2 saturated heterocycles. The van der Waals surface area contributed by atoms with Crippen molar-refractivity contribution >= 4 is 17.4 Å². The molecule has 4 aliphatic rings. The van der Waals surface area contributed by atoms with E-state index in [1.54, 1.807) is 18.0 Å². The predicted octanol–water partition coefficient (Wildman–Crippen LogP) is 5.43. The fourth-order valence-electron chi connectivity index (χ4n) is 7.99. The number of alkyl halides is 3. The van der Waals surface area contributed by atoms with Crippen molar-refractivity contribution in [1.82, 2.24) is 29.5 Å². The van der Waals surface area contributed by atoms with Gasteiger partial charge in [0.1, 0.15) is 12.4 Å². The predicted molar refractivity (Wildman–Crippen MR) is 185 cm³/mol. The van der Waals surface area contributed by atoms with Crippen LogP contribution in [0.1, 0.15) is 89.8 Å². The minimum Gasteiger partial charge on any atom is -0.461 e. The van der Waals surface area contributed by atoms with Gasteiger partial charge in [0.05, 0.1) is 48.1 Å². The third kappa shape index (κ3) is 6.69. The first-order valence-corrected chi connectivity index (χ1v) is 17.6. The first kappa shape index (κ1) is 35.7. The summed E-state index contributed by atoms with van der Waals surface area (Å²) < 4.78 is 71.8. The van der Waals surface area contributed by atoms with Gasteiger partial charge in [-0.15, -0.1) is 5.92 Å². The van der Waals surface area contributed by atoms with Gasteiger partial charge in [0.25, 0.3) is 5.91 Å². The maximum Gasteiger partial charge on any atom is 0.417 e. The normalized spacial score (nSPS) is 22.3. The van der Waals surface area contributed by atoms with Crippen LogP contribution in [0.15, 0.2) is 30.1 Å². The highest BCUT2D eigenvalue weighted by molar-refractivity contribution is 5.92. The topological polar surface area (TPSA) is 115 Å². The molecular formula is C37H42F4N8O3. The van der Waals surface area contributed by atoms with Gasteiger partial charge in [0.15, 0.2) is 5.69 Å². The van der Waals surface area contributed by atoms with Gasteiger partial charge in [0, 0.05) is 56.5 Å². The maximum absolute atomic E-state index is 14.6. The van der Waals surface area contributed by atoms with Crippen LogP contribution in [0.4, 0.5) is 29.1 Å². The lowest BCUT2D eigenvalue weighted by Crippen LogP contribution is -2.43. The monoisotopic (exact) mass is 722 g/mol. The molecule has 3 aromatic rings. The molecule has 52 heavy (non-hydrogen) atoms. The molecule has 11 nitrogen and oxygen atoms in total. The highest BCUT2D eigenvalue weighted by Gasteiger charge is 2.47. The molecule has 4 aliphatic heterocycles. The van der Waals surface area contributed by atoms with E-state index in [4.69, 9.17) is 25.2 Å². The Bertz CT molecular complexity index is 1970. The Morgan fingerprint density at radius 1 is 1.19 bits per heavy atom. The number of aromatic nitrogens is 4. The molecule has 7 rings (SSSR count). The van der Waals surface area contributed by atoms with E-state index in [0.29, 0.717) is 80.2 Å². The van der Waals surface area contributed by atoms with Crippen molar-refractivity contribution in [2.24, 2.45) is 0 Å². The molecule has 2 atom stereocenters. The second-order valence-corrected chi connectivity index (χ2v) is 14.0. The molecule has 0 radical (unpaired) electrons. The molecule has 0 bridgehead atoms. The van der Waals surface area contributed by atoms with Crippen molar-refractivity contribution in [3.8, 4) is 17.9 Å². The van der Waals surface area contributed by atoms with E-state index >= 15 is 0 Å². The molecule has 2 aromatic heterocycles. The summed E-state index contributed by atoms with van der Waals surface area (Å²) in [5, 5.41) is 4.60. The quantitative estimate of drug-likeness (QED) is 0.194. The number of rotatable bonds is 7. The Kier molecular flexibility index (Phi) is 9.64. The Morgan fingerprint density at radius 2 is 2.02 bits per heavy atom. The van der Waals surface area contributed by atoms with E-state index in [9.17, 15) is 22.4 Å². The number of benzene rings is 1. The van der Waals surface area contributed by atoms with Crippen molar-refractivity contribution in [1.29, 1.82) is 0 Å². The third-order valence-corrected chi connectivity index (χ3v) is 10.6. The average molecular weight is 723 g/mol. The lowest BCUT2D eigenvalue weighted by Gasteiger charge is -2.33. The number of hydrogen-bond acceptors (Lipinski definition) is 9. The zero-order valence-electron chi connectivity index (χ0n) is 29.5. The Balaban J connectivity index is 1.26. The molecule has 1 amide bonds. The van der Waals surface area contributed by atoms with Gasteiger partial charge in [-0.1, -0.05) is 5.92 Å². The second kappa shape index (κ2) is 14.0. The number of hydrogen-bond donors (Lipinski definition) is 1. The third-order valence-electron chi connectivity index (χ3n) is 10.6. The summed E-state index contributed by atoms with van der Waals surface area (Å²) >= 11 is 0. The van der Waals surface area contributed by atoms with Gasteiger partial charge < -0.3 is 25.0 Å². The Morgan fingerprint density at radius 3 is 2.77 bits per heavy atom. The lowest BCUT2D eigenvalue weighted by molar-refractivity contribution is -0.140. The SMILES string of the molecule is CC#Cc1cc(N)cc([C@@H]2Cc3nc(OC[C@@]45CCCN4C/C(=C\F)C5)nc(N4CCCn5nc(C(=O)N(C)CC)cc5C4)c3CO2)c1C(F)(F)F. The number of carbonyl (C=O) groups is 1. The summed E-state index contributed by atoms with van der Waals surface area (Å²) in [4.78, 5) is 28.6. The number of nitrogen functional groups attached to an aromatic ring is 1. The van der Waals surface area contributed by atoms with Gasteiger partial charge in [0.2, 0.25) is 0 Å². The molecule has 276 valence electrons. The number of nitrogens with zero attached hydrogens (tertiary/aromatic N) is 7. The van der Waals surface area contributed by atoms with Gasteiger partial charge in [-0.05, 0) is 75.4 Å². The number of amides is 1. The number of ether oxygens (including phenoxy) is 2. The number of halogens is 4. The Hall–Kier alpha value is -4.68. The molecule has 15 heteroatoms. The van der Waals surface area contributed by atoms with Crippen LogP contribution < -0.4 is 15.4 Å². The van der Waals surface area contributed by atoms with E-state index in [2.05, 4.69) is 26.7 Å². The molecule has 0 saturated carbocycles. The summed E-state index contributed by atoms with van der Waals surface area (Å²) in [6, 6.07) is 4.41. The van der Waals surface area contributed by atoms with E-state index in [-0.39, 0.29) is 53.9 Å². The Labute approximate surface area is 299 Å². The number of carbonyl (C=O) groups excluding carboxylic acids is 1.